The number of unbranched alkanes of at least 4 members (excludes halogenated alkanes) is 20. The van der Waals surface area contributed by atoms with Crippen LogP contribution in [-0.4, -0.2) is 70.0 Å². The summed E-state index contributed by atoms with van der Waals surface area (Å²) in [7, 11) is 1.15. The number of hydrogen-bond acceptors (Lipinski definition) is 8. The first kappa shape index (κ1) is 50.5. The Morgan fingerprint density at radius 2 is 1.04 bits per heavy atom. The molecule has 0 aromatic heterocycles. The molecule has 0 heterocycles. The van der Waals surface area contributed by atoms with Crippen molar-refractivity contribution >= 4 is 19.8 Å². The van der Waals surface area contributed by atoms with Crippen LogP contribution in [0.5, 0.6) is 0 Å². The van der Waals surface area contributed by atoms with E-state index in [2.05, 4.69) is 38.2 Å². The number of quaternary nitrogens is 1. The van der Waals surface area contributed by atoms with Crippen molar-refractivity contribution in [3.05, 3.63) is 24.3 Å². The molecule has 1 unspecified atom stereocenters. The fourth-order valence-corrected chi connectivity index (χ4v) is 6.35. The Kier molecular flexibility index (Phi) is 34.2. The lowest BCUT2D eigenvalue weighted by Crippen LogP contribution is -2.37. The summed E-state index contributed by atoms with van der Waals surface area (Å²) in [6.07, 6.45) is 36.3. The maximum atomic E-state index is 12.6. The van der Waals surface area contributed by atoms with Gasteiger partial charge < -0.3 is 27.9 Å². The van der Waals surface area contributed by atoms with E-state index in [1.807, 2.05) is 21.1 Å². The van der Waals surface area contributed by atoms with Gasteiger partial charge in [-0.1, -0.05) is 147 Å². The third-order valence-electron chi connectivity index (χ3n) is 8.97. The zero-order valence-electron chi connectivity index (χ0n) is 34.3. The number of carbonyl (C=O) groups is 2. The minimum absolute atomic E-state index is 0.0338. The van der Waals surface area contributed by atoms with Crippen molar-refractivity contribution < 1.29 is 42.1 Å². The molecule has 0 spiro atoms. The molecule has 0 saturated carbocycles. The van der Waals surface area contributed by atoms with E-state index >= 15 is 0 Å². The second-order valence-corrected chi connectivity index (χ2v) is 16.8. The topological polar surface area (TPSA) is 111 Å². The number of ether oxygens (including phenoxy) is 2. The van der Waals surface area contributed by atoms with Crippen molar-refractivity contribution in [1.82, 2.24) is 0 Å². The number of hydrogen-bond donors (Lipinski definition) is 0. The van der Waals surface area contributed by atoms with Crippen LogP contribution in [0.15, 0.2) is 24.3 Å². The van der Waals surface area contributed by atoms with Gasteiger partial charge in [0.15, 0.2) is 6.10 Å². The van der Waals surface area contributed by atoms with Crippen LogP contribution in [0.4, 0.5) is 0 Å². The molecule has 0 saturated heterocycles. The number of esters is 2. The number of carbonyl (C=O) groups excluding carboxylic acids is 2. The quantitative estimate of drug-likeness (QED) is 0.0201. The second kappa shape index (κ2) is 35.2. The maximum absolute atomic E-state index is 12.6. The minimum Gasteiger partial charge on any atom is -0.756 e. The molecule has 52 heavy (non-hydrogen) atoms. The van der Waals surface area contributed by atoms with Gasteiger partial charge in [0.25, 0.3) is 7.82 Å². The lowest BCUT2D eigenvalue weighted by atomic mass is 10.0. The van der Waals surface area contributed by atoms with Gasteiger partial charge in [-0.15, -0.1) is 0 Å². The van der Waals surface area contributed by atoms with E-state index in [4.69, 9.17) is 18.5 Å². The summed E-state index contributed by atoms with van der Waals surface area (Å²) in [6.45, 7) is 4.18. The Balaban J connectivity index is 4.43. The van der Waals surface area contributed by atoms with Crippen molar-refractivity contribution in [3.8, 4) is 0 Å². The normalized spacial score (nSPS) is 13.9. The molecule has 0 amide bonds. The van der Waals surface area contributed by atoms with E-state index in [0.29, 0.717) is 23.9 Å². The number of rotatable bonds is 38. The van der Waals surface area contributed by atoms with Crippen molar-refractivity contribution in [2.45, 2.75) is 187 Å². The molecule has 10 heteroatoms. The standard InChI is InChI=1S/C42H80NO8P/c1-6-8-10-12-14-16-18-20-21-23-24-26-28-30-32-34-41(44)48-38-40(39-50-52(46,47)49-37-36-43(3,4)5)51-42(45)35-33-31-29-27-25-22-19-17-15-13-11-9-7-2/h20-21,24,26,40H,6-19,22-23,25,27-39H2,1-5H3/b21-20-,26-24-/t40-/m1/s1. The summed E-state index contributed by atoms with van der Waals surface area (Å²) in [4.78, 5) is 37.4. The molecule has 0 aromatic carbocycles. The molecule has 0 aliphatic heterocycles. The van der Waals surface area contributed by atoms with Crippen LogP contribution in [0.3, 0.4) is 0 Å². The van der Waals surface area contributed by atoms with Crippen LogP contribution >= 0.6 is 7.82 Å². The fourth-order valence-electron chi connectivity index (χ4n) is 5.63. The zero-order chi connectivity index (χ0) is 38.6. The monoisotopic (exact) mass is 758 g/mol. The van der Waals surface area contributed by atoms with Gasteiger partial charge in [0, 0.05) is 12.8 Å². The average Bonchev–Trinajstić information content (AvgIpc) is 3.09. The highest BCUT2D eigenvalue weighted by atomic mass is 31.2. The van der Waals surface area contributed by atoms with Gasteiger partial charge >= 0.3 is 11.9 Å². The fraction of sp³-hybridized carbons (Fsp3) is 0.857. The molecular weight excluding hydrogens is 677 g/mol. The van der Waals surface area contributed by atoms with Crippen molar-refractivity contribution in [3.63, 3.8) is 0 Å². The van der Waals surface area contributed by atoms with E-state index in [-0.39, 0.29) is 26.1 Å². The Labute approximate surface area is 319 Å². The van der Waals surface area contributed by atoms with Gasteiger partial charge in [-0.25, -0.2) is 0 Å². The van der Waals surface area contributed by atoms with Crippen LogP contribution in [0.2, 0.25) is 0 Å². The van der Waals surface area contributed by atoms with Crippen LogP contribution in [0.25, 0.3) is 0 Å². The molecule has 0 rings (SSSR count). The van der Waals surface area contributed by atoms with Gasteiger partial charge in [0.2, 0.25) is 0 Å². The largest absolute Gasteiger partial charge is 0.756 e. The first-order valence-corrected chi connectivity index (χ1v) is 22.5. The summed E-state index contributed by atoms with van der Waals surface area (Å²) >= 11 is 0. The average molecular weight is 758 g/mol. The van der Waals surface area contributed by atoms with Gasteiger partial charge in [-0.2, -0.15) is 0 Å². The van der Waals surface area contributed by atoms with Gasteiger partial charge in [-0.3, -0.25) is 14.2 Å². The number of nitrogens with zero attached hydrogens (tertiary/aromatic N) is 1. The minimum atomic E-state index is -4.62. The highest BCUT2D eigenvalue weighted by molar-refractivity contribution is 7.45. The third kappa shape index (κ3) is 38.2. The summed E-state index contributed by atoms with van der Waals surface area (Å²) in [5.74, 6) is -0.868. The molecule has 0 aliphatic rings. The van der Waals surface area contributed by atoms with Crippen molar-refractivity contribution in [2.75, 3.05) is 47.5 Å². The predicted molar refractivity (Wildman–Crippen MR) is 213 cm³/mol. The van der Waals surface area contributed by atoms with E-state index in [1.165, 1.54) is 96.3 Å². The molecule has 0 aromatic rings. The van der Waals surface area contributed by atoms with Crippen LogP contribution < -0.4 is 4.89 Å². The third-order valence-corrected chi connectivity index (χ3v) is 9.94. The molecule has 2 atom stereocenters. The molecule has 0 fully saturated rings. The van der Waals surface area contributed by atoms with E-state index in [9.17, 15) is 19.0 Å². The van der Waals surface area contributed by atoms with Gasteiger partial charge in [0.05, 0.1) is 27.7 Å². The van der Waals surface area contributed by atoms with Crippen molar-refractivity contribution in [2.24, 2.45) is 0 Å². The Bertz CT molecular complexity index is 949. The molecule has 0 aliphatic carbocycles. The number of phosphoric ester groups is 1. The molecule has 9 nitrogen and oxygen atoms in total. The molecule has 306 valence electrons. The van der Waals surface area contributed by atoms with Crippen LogP contribution in [-0.2, 0) is 32.7 Å². The Morgan fingerprint density at radius 1 is 0.596 bits per heavy atom. The van der Waals surface area contributed by atoms with Gasteiger partial charge in [-0.05, 0) is 44.9 Å². The Hall–Kier alpha value is -1.51. The van der Waals surface area contributed by atoms with E-state index in [1.54, 1.807) is 0 Å². The molecule has 0 N–H and O–H groups in total. The summed E-state index contributed by atoms with van der Waals surface area (Å²) in [6, 6.07) is 0. The summed E-state index contributed by atoms with van der Waals surface area (Å²) < 4.78 is 33.8. The SMILES string of the molecule is CCCCCCCC/C=C\C/C=C\CCCCC(=O)OC[C@H](COP(=O)([O-])OCC[N+](C)(C)C)OC(=O)CCCCCCCCCCCCCCC. The summed E-state index contributed by atoms with van der Waals surface area (Å²) in [5.41, 5.74) is 0. The first-order valence-electron chi connectivity index (χ1n) is 21.0. The number of phosphoric acid groups is 1. The highest BCUT2D eigenvalue weighted by Crippen LogP contribution is 2.38. The molecule has 0 bridgehead atoms. The predicted octanol–water partition coefficient (Wildman–Crippen LogP) is 10.9. The van der Waals surface area contributed by atoms with Crippen LogP contribution in [0, 0.1) is 0 Å². The van der Waals surface area contributed by atoms with Crippen molar-refractivity contribution in [1.29, 1.82) is 0 Å². The first-order chi connectivity index (χ1) is 25.0. The second-order valence-electron chi connectivity index (χ2n) is 15.4. The maximum Gasteiger partial charge on any atom is 0.306 e. The smallest absolute Gasteiger partial charge is 0.306 e. The zero-order valence-corrected chi connectivity index (χ0v) is 35.2. The number of likely N-dealkylation sites (N-methyl/N-ethyl adjacent to an activating group) is 1. The van der Waals surface area contributed by atoms with Gasteiger partial charge in [0.1, 0.15) is 19.8 Å². The van der Waals surface area contributed by atoms with E-state index < -0.39 is 32.5 Å². The summed E-state index contributed by atoms with van der Waals surface area (Å²) in [5, 5.41) is 0. The van der Waals surface area contributed by atoms with E-state index in [0.717, 1.165) is 44.9 Å². The molecule has 0 radical (unpaired) electrons. The lowest BCUT2D eigenvalue weighted by Gasteiger charge is -2.28. The number of allylic oxidation sites excluding steroid dienone is 4. The lowest BCUT2D eigenvalue weighted by molar-refractivity contribution is -0.870. The highest BCUT2D eigenvalue weighted by Gasteiger charge is 2.21. The molecular formula is C42H80NO8P. The Morgan fingerprint density at radius 3 is 1.56 bits per heavy atom. The van der Waals surface area contributed by atoms with Crippen LogP contribution in [0.1, 0.15) is 181 Å².